The summed E-state index contributed by atoms with van der Waals surface area (Å²) in [6, 6.07) is -1.59. The number of ether oxygens (including phenoxy) is 1. The van der Waals surface area contributed by atoms with Gasteiger partial charge in [-0.2, -0.15) is 0 Å². The maximum atomic E-state index is 11.3. The first-order chi connectivity index (χ1) is 6.63. The van der Waals surface area contributed by atoms with E-state index < -0.39 is 24.0 Å². The van der Waals surface area contributed by atoms with Crippen LogP contribution in [0.15, 0.2) is 0 Å². The third-order valence-corrected chi connectivity index (χ3v) is 1.71. The summed E-state index contributed by atoms with van der Waals surface area (Å²) in [5, 5.41) is 0. The normalized spacial score (nSPS) is 15.6. The molecule has 0 aromatic rings. The van der Waals surface area contributed by atoms with Gasteiger partial charge in [-0.1, -0.05) is 20.8 Å². The molecule has 0 amide bonds. The molecule has 0 rings (SSSR count). The van der Waals surface area contributed by atoms with Crippen molar-refractivity contribution in [2.24, 2.45) is 16.9 Å². The molecule has 5 nitrogen and oxygen atoms in total. The molecule has 2 atom stereocenters. The summed E-state index contributed by atoms with van der Waals surface area (Å²) >= 11 is 0. The number of hydrogen-bond donors (Lipinski definition) is 2. The second kappa shape index (κ2) is 5.23. The highest BCUT2D eigenvalue weighted by Crippen LogP contribution is 2.20. The Morgan fingerprint density at radius 3 is 2.00 bits per heavy atom. The van der Waals surface area contributed by atoms with Crippen molar-refractivity contribution in [2.75, 3.05) is 0 Å². The zero-order valence-electron chi connectivity index (χ0n) is 9.74. The second-order valence-corrected chi connectivity index (χ2v) is 4.90. The van der Waals surface area contributed by atoms with Gasteiger partial charge in [0, 0.05) is 0 Å². The van der Waals surface area contributed by atoms with Crippen LogP contribution in [0, 0.1) is 5.41 Å². The molecule has 0 spiro atoms. The fourth-order valence-corrected chi connectivity index (χ4v) is 1.01. The van der Waals surface area contributed by atoms with Gasteiger partial charge in [0.15, 0.2) is 0 Å². The van der Waals surface area contributed by atoms with Gasteiger partial charge in [-0.05, 0) is 18.8 Å². The fourth-order valence-electron chi connectivity index (χ4n) is 1.01. The molecule has 0 radical (unpaired) electrons. The lowest BCUT2D eigenvalue weighted by atomic mass is 9.88. The molecule has 0 aromatic carbocycles. The van der Waals surface area contributed by atoms with E-state index in [0.717, 1.165) is 0 Å². The van der Waals surface area contributed by atoms with Crippen molar-refractivity contribution in [2.45, 2.75) is 46.2 Å². The Balaban J connectivity index is 4.17. The molecule has 15 heavy (non-hydrogen) atoms. The maximum absolute atomic E-state index is 11.3. The topological polar surface area (TPSA) is 95.4 Å². The van der Waals surface area contributed by atoms with Gasteiger partial charge in [0.2, 0.25) is 0 Å². The van der Waals surface area contributed by atoms with Crippen LogP contribution in [-0.4, -0.2) is 24.0 Å². The lowest BCUT2D eigenvalue weighted by molar-refractivity contribution is -0.161. The first-order valence-corrected chi connectivity index (χ1v) is 4.90. The summed E-state index contributed by atoms with van der Waals surface area (Å²) in [5.74, 6) is -1.46. The van der Waals surface area contributed by atoms with Crippen molar-refractivity contribution >= 4 is 11.9 Å². The summed E-state index contributed by atoms with van der Waals surface area (Å²) in [5.41, 5.74) is 10.7. The Morgan fingerprint density at radius 2 is 1.67 bits per heavy atom. The fraction of sp³-hybridized carbons (Fsp3) is 0.800. The van der Waals surface area contributed by atoms with Crippen LogP contribution in [0.1, 0.15) is 34.1 Å². The van der Waals surface area contributed by atoms with Crippen LogP contribution in [0.3, 0.4) is 0 Å². The highest BCUT2D eigenvalue weighted by molar-refractivity contribution is 5.90. The summed E-state index contributed by atoms with van der Waals surface area (Å²) < 4.78 is 4.49. The van der Waals surface area contributed by atoms with Crippen LogP contribution < -0.4 is 11.5 Å². The van der Waals surface area contributed by atoms with E-state index in [1.807, 2.05) is 20.8 Å². The summed E-state index contributed by atoms with van der Waals surface area (Å²) in [6.45, 7) is 7.31. The second-order valence-electron chi connectivity index (χ2n) is 4.90. The van der Waals surface area contributed by atoms with Crippen LogP contribution in [-0.2, 0) is 14.3 Å². The minimum Gasteiger partial charge on any atom is -0.391 e. The average Bonchev–Trinajstić information content (AvgIpc) is 2.00. The third-order valence-electron chi connectivity index (χ3n) is 1.71. The summed E-state index contributed by atoms with van der Waals surface area (Å²) in [6.07, 6.45) is 0.456. The van der Waals surface area contributed by atoms with E-state index in [1.165, 1.54) is 6.92 Å². The largest absolute Gasteiger partial charge is 0.391 e. The van der Waals surface area contributed by atoms with Gasteiger partial charge in [0.1, 0.15) is 12.1 Å². The smallest absolute Gasteiger partial charge is 0.330 e. The van der Waals surface area contributed by atoms with Gasteiger partial charge in [-0.25, -0.2) is 9.59 Å². The number of esters is 2. The molecule has 0 unspecified atom stereocenters. The zero-order chi connectivity index (χ0) is 12.2. The SMILES string of the molecule is C[C@H](N)C(=O)OC(=O)[C@@H](N)CC(C)(C)C. The lowest BCUT2D eigenvalue weighted by Gasteiger charge is -2.21. The molecule has 0 heterocycles. The monoisotopic (exact) mass is 216 g/mol. The Labute approximate surface area is 90.1 Å². The quantitative estimate of drug-likeness (QED) is 0.518. The van der Waals surface area contributed by atoms with Crippen LogP contribution in [0.5, 0.6) is 0 Å². The number of nitrogens with two attached hydrogens (primary N) is 2. The summed E-state index contributed by atoms with van der Waals surface area (Å²) in [4.78, 5) is 22.3. The summed E-state index contributed by atoms with van der Waals surface area (Å²) in [7, 11) is 0. The molecule has 0 saturated carbocycles. The van der Waals surface area contributed by atoms with E-state index in [1.54, 1.807) is 0 Å². The van der Waals surface area contributed by atoms with Crippen LogP contribution in [0.2, 0.25) is 0 Å². The minimum atomic E-state index is -0.809. The van der Waals surface area contributed by atoms with Gasteiger partial charge in [0.05, 0.1) is 0 Å². The van der Waals surface area contributed by atoms with Crippen molar-refractivity contribution in [3.05, 3.63) is 0 Å². The van der Waals surface area contributed by atoms with E-state index >= 15 is 0 Å². The van der Waals surface area contributed by atoms with Gasteiger partial charge >= 0.3 is 11.9 Å². The molecule has 0 aliphatic carbocycles. The number of carbonyl (C=O) groups excluding carboxylic acids is 2. The Kier molecular flexibility index (Phi) is 4.90. The standard InChI is InChI=1S/C10H20N2O3/c1-6(11)8(13)15-9(14)7(12)5-10(2,3)4/h6-7H,5,11-12H2,1-4H3/t6-,7-/m0/s1. The average molecular weight is 216 g/mol. The van der Waals surface area contributed by atoms with Crippen molar-refractivity contribution in [1.29, 1.82) is 0 Å². The predicted molar refractivity (Wildman–Crippen MR) is 56.8 cm³/mol. The van der Waals surface area contributed by atoms with Crippen molar-refractivity contribution in [3.8, 4) is 0 Å². The molecule has 0 aromatic heterocycles. The molecule has 0 saturated heterocycles. The Hall–Kier alpha value is -0.940. The number of carbonyl (C=O) groups is 2. The van der Waals surface area contributed by atoms with E-state index in [2.05, 4.69) is 4.74 Å². The van der Waals surface area contributed by atoms with Crippen molar-refractivity contribution < 1.29 is 14.3 Å². The van der Waals surface area contributed by atoms with Gasteiger partial charge in [-0.3, -0.25) is 0 Å². The highest BCUT2D eigenvalue weighted by Gasteiger charge is 2.25. The van der Waals surface area contributed by atoms with Gasteiger partial charge < -0.3 is 16.2 Å². The van der Waals surface area contributed by atoms with E-state index in [4.69, 9.17) is 11.5 Å². The lowest BCUT2D eigenvalue weighted by Crippen LogP contribution is -2.40. The molecule has 5 heteroatoms. The highest BCUT2D eigenvalue weighted by atomic mass is 16.6. The molecule has 4 N–H and O–H groups in total. The van der Waals surface area contributed by atoms with E-state index in [0.29, 0.717) is 6.42 Å². The molecular weight excluding hydrogens is 196 g/mol. The molecule has 0 aliphatic rings. The molecule has 88 valence electrons. The van der Waals surface area contributed by atoms with Crippen molar-refractivity contribution in [1.82, 2.24) is 0 Å². The zero-order valence-corrected chi connectivity index (χ0v) is 9.74. The Morgan fingerprint density at radius 1 is 1.20 bits per heavy atom. The molecule has 0 bridgehead atoms. The first-order valence-electron chi connectivity index (χ1n) is 4.90. The van der Waals surface area contributed by atoms with Crippen LogP contribution in [0.4, 0.5) is 0 Å². The predicted octanol–water partition coefficient (Wildman–Crippen LogP) is 0.167. The first kappa shape index (κ1) is 14.1. The van der Waals surface area contributed by atoms with Crippen LogP contribution in [0.25, 0.3) is 0 Å². The van der Waals surface area contributed by atoms with Crippen LogP contribution >= 0.6 is 0 Å². The number of hydrogen-bond acceptors (Lipinski definition) is 5. The Bertz CT molecular complexity index is 244. The number of rotatable bonds is 3. The minimum absolute atomic E-state index is 0.0875. The molecule has 0 aliphatic heterocycles. The van der Waals surface area contributed by atoms with E-state index in [9.17, 15) is 9.59 Å². The van der Waals surface area contributed by atoms with Gasteiger partial charge in [0.25, 0.3) is 0 Å². The maximum Gasteiger partial charge on any atom is 0.330 e. The third kappa shape index (κ3) is 6.19. The molecule has 0 fully saturated rings. The van der Waals surface area contributed by atoms with E-state index in [-0.39, 0.29) is 5.41 Å². The van der Waals surface area contributed by atoms with Gasteiger partial charge in [-0.15, -0.1) is 0 Å². The molecular formula is C10H20N2O3. The van der Waals surface area contributed by atoms with Crippen molar-refractivity contribution in [3.63, 3.8) is 0 Å².